The normalized spacial score (nSPS) is 11.6. The molecular formula is C9H17N3. The first-order valence-corrected chi connectivity index (χ1v) is 4.43. The molecule has 0 N–H and O–H groups in total. The van der Waals surface area contributed by atoms with Gasteiger partial charge in [0.05, 0.1) is 11.4 Å². The third-order valence-electron chi connectivity index (χ3n) is 1.99. The third-order valence-corrected chi connectivity index (χ3v) is 1.99. The lowest BCUT2D eigenvalue weighted by Gasteiger charge is -2.09. The zero-order valence-electron chi connectivity index (χ0n) is 8.50. The van der Waals surface area contributed by atoms with Gasteiger partial charge in [-0.2, -0.15) is 0 Å². The number of rotatable bonds is 2. The van der Waals surface area contributed by atoms with Gasteiger partial charge in [0.1, 0.15) is 0 Å². The van der Waals surface area contributed by atoms with Crippen LogP contribution in [0.15, 0.2) is 0 Å². The van der Waals surface area contributed by atoms with Crippen molar-refractivity contribution in [1.82, 2.24) is 15.0 Å². The third kappa shape index (κ3) is 1.49. The van der Waals surface area contributed by atoms with Crippen LogP contribution in [0.2, 0.25) is 0 Å². The lowest BCUT2D eigenvalue weighted by Crippen LogP contribution is -2.03. The van der Waals surface area contributed by atoms with E-state index in [1.165, 1.54) is 5.69 Å². The Morgan fingerprint density at radius 1 is 1.08 bits per heavy atom. The van der Waals surface area contributed by atoms with Crippen LogP contribution >= 0.6 is 0 Å². The topological polar surface area (TPSA) is 30.7 Å². The number of hydrogen-bond acceptors (Lipinski definition) is 2. The van der Waals surface area contributed by atoms with Gasteiger partial charge in [0.25, 0.3) is 0 Å². The van der Waals surface area contributed by atoms with Crippen molar-refractivity contribution >= 4 is 0 Å². The molecule has 3 nitrogen and oxygen atoms in total. The molecule has 0 unspecified atom stereocenters. The fourth-order valence-electron chi connectivity index (χ4n) is 1.46. The Bertz CT molecular complexity index is 261. The zero-order chi connectivity index (χ0) is 9.30. The molecule has 0 radical (unpaired) electrons. The van der Waals surface area contributed by atoms with Gasteiger partial charge >= 0.3 is 0 Å². The van der Waals surface area contributed by atoms with Gasteiger partial charge in [-0.15, -0.1) is 5.10 Å². The predicted molar refractivity (Wildman–Crippen MR) is 49.2 cm³/mol. The molecule has 3 heteroatoms. The summed E-state index contributed by atoms with van der Waals surface area (Å²) in [6, 6.07) is 0. The summed E-state index contributed by atoms with van der Waals surface area (Å²) in [6.07, 6.45) is 0. The number of nitrogens with zero attached hydrogens (tertiary/aromatic N) is 3. The fourth-order valence-corrected chi connectivity index (χ4v) is 1.46. The second-order valence-electron chi connectivity index (χ2n) is 3.79. The van der Waals surface area contributed by atoms with Crippen LogP contribution in [0.3, 0.4) is 0 Å². The van der Waals surface area contributed by atoms with E-state index >= 15 is 0 Å². The molecule has 0 saturated carbocycles. The molecule has 0 spiro atoms. The van der Waals surface area contributed by atoms with Gasteiger partial charge in [-0.25, -0.2) is 0 Å². The highest BCUT2D eigenvalue weighted by Gasteiger charge is 2.15. The summed E-state index contributed by atoms with van der Waals surface area (Å²) in [6.45, 7) is 8.64. The number of aryl methyl sites for hydroxylation is 1. The maximum atomic E-state index is 4.15. The Morgan fingerprint density at radius 2 is 1.67 bits per heavy atom. The molecule has 0 aromatic carbocycles. The molecule has 0 aliphatic rings. The van der Waals surface area contributed by atoms with Crippen LogP contribution in [-0.2, 0) is 7.05 Å². The van der Waals surface area contributed by atoms with Crippen molar-refractivity contribution in [3.8, 4) is 0 Å². The molecular weight excluding hydrogens is 150 g/mol. The number of aromatic nitrogens is 3. The number of hydrogen-bond donors (Lipinski definition) is 0. The maximum Gasteiger partial charge on any atom is 0.0887 e. The van der Waals surface area contributed by atoms with E-state index in [1.54, 1.807) is 0 Å². The Kier molecular flexibility index (Phi) is 2.50. The van der Waals surface area contributed by atoms with Crippen LogP contribution in [-0.4, -0.2) is 15.0 Å². The van der Waals surface area contributed by atoms with Gasteiger partial charge in [-0.1, -0.05) is 32.9 Å². The van der Waals surface area contributed by atoms with Crippen molar-refractivity contribution in [1.29, 1.82) is 0 Å². The molecule has 1 rings (SSSR count). The van der Waals surface area contributed by atoms with Gasteiger partial charge in [-0.3, -0.25) is 4.68 Å². The van der Waals surface area contributed by atoms with Crippen LogP contribution in [0.5, 0.6) is 0 Å². The molecule has 0 atom stereocenters. The first kappa shape index (κ1) is 9.23. The van der Waals surface area contributed by atoms with Gasteiger partial charge in [0.2, 0.25) is 0 Å². The fraction of sp³-hybridized carbons (Fsp3) is 0.778. The van der Waals surface area contributed by atoms with Gasteiger partial charge < -0.3 is 0 Å². The van der Waals surface area contributed by atoms with Crippen molar-refractivity contribution in [2.24, 2.45) is 7.05 Å². The minimum atomic E-state index is 0.469. The Labute approximate surface area is 73.8 Å². The largest absolute Gasteiger partial charge is 0.252 e. The molecule has 0 fully saturated rings. The summed E-state index contributed by atoms with van der Waals surface area (Å²) in [7, 11) is 1.95. The zero-order valence-corrected chi connectivity index (χ0v) is 8.50. The van der Waals surface area contributed by atoms with E-state index in [-0.39, 0.29) is 0 Å². The Balaban J connectivity index is 3.12. The average molecular weight is 167 g/mol. The van der Waals surface area contributed by atoms with E-state index in [0.29, 0.717) is 11.8 Å². The highest BCUT2D eigenvalue weighted by molar-refractivity contribution is 5.17. The molecule has 0 aliphatic carbocycles. The van der Waals surface area contributed by atoms with Crippen LogP contribution in [0.25, 0.3) is 0 Å². The van der Waals surface area contributed by atoms with Crippen LogP contribution in [0, 0.1) is 0 Å². The van der Waals surface area contributed by atoms with Crippen molar-refractivity contribution in [3.63, 3.8) is 0 Å². The molecule has 0 amide bonds. The van der Waals surface area contributed by atoms with Gasteiger partial charge in [-0.05, 0) is 11.8 Å². The molecule has 12 heavy (non-hydrogen) atoms. The van der Waals surface area contributed by atoms with E-state index in [2.05, 4.69) is 38.0 Å². The summed E-state index contributed by atoms with van der Waals surface area (Å²) in [5.74, 6) is 0.971. The van der Waals surface area contributed by atoms with Crippen molar-refractivity contribution < 1.29 is 0 Å². The monoisotopic (exact) mass is 167 g/mol. The van der Waals surface area contributed by atoms with E-state index < -0.39 is 0 Å². The summed E-state index contributed by atoms with van der Waals surface area (Å²) < 4.78 is 1.88. The molecule has 68 valence electrons. The highest BCUT2D eigenvalue weighted by atomic mass is 15.4. The molecule has 0 aliphatic heterocycles. The second kappa shape index (κ2) is 3.25. The first-order chi connectivity index (χ1) is 5.54. The summed E-state index contributed by atoms with van der Waals surface area (Å²) in [4.78, 5) is 0. The van der Waals surface area contributed by atoms with E-state index in [9.17, 15) is 0 Å². The maximum absolute atomic E-state index is 4.15. The quantitative estimate of drug-likeness (QED) is 0.675. The van der Waals surface area contributed by atoms with Crippen molar-refractivity contribution in [3.05, 3.63) is 11.4 Å². The molecule has 0 saturated heterocycles. The van der Waals surface area contributed by atoms with Gasteiger partial charge in [0, 0.05) is 7.05 Å². The molecule has 1 heterocycles. The van der Waals surface area contributed by atoms with E-state index in [1.807, 2.05) is 11.7 Å². The Morgan fingerprint density at radius 3 is 2.00 bits per heavy atom. The van der Waals surface area contributed by atoms with Gasteiger partial charge in [0.15, 0.2) is 0 Å². The predicted octanol–water partition coefficient (Wildman–Crippen LogP) is 2.06. The standard InChI is InChI=1S/C9H17N3/c1-6(2)8-9(7(3)4)12(5)11-10-8/h6-7H,1-5H3. The SMILES string of the molecule is CC(C)c1nnn(C)c1C(C)C. The molecule has 1 aromatic rings. The first-order valence-electron chi connectivity index (χ1n) is 4.43. The van der Waals surface area contributed by atoms with Crippen LogP contribution in [0.4, 0.5) is 0 Å². The minimum absolute atomic E-state index is 0.469. The molecule has 1 aromatic heterocycles. The lowest BCUT2D eigenvalue weighted by molar-refractivity contribution is 0.646. The van der Waals surface area contributed by atoms with Crippen LogP contribution < -0.4 is 0 Å². The molecule has 0 bridgehead atoms. The summed E-state index contributed by atoms with van der Waals surface area (Å²) in [5.41, 5.74) is 2.39. The van der Waals surface area contributed by atoms with E-state index in [4.69, 9.17) is 0 Å². The second-order valence-corrected chi connectivity index (χ2v) is 3.79. The minimum Gasteiger partial charge on any atom is -0.252 e. The summed E-state index contributed by atoms with van der Waals surface area (Å²) in [5, 5.41) is 8.18. The Hall–Kier alpha value is -0.860. The smallest absolute Gasteiger partial charge is 0.0887 e. The highest BCUT2D eigenvalue weighted by Crippen LogP contribution is 2.22. The van der Waals surface area contributed by atoms with Crippen molar-refractivity contribution in [2.45, 2.75) is 39.5 Å². The lowest BCUT2D eigenvalue weighted by atomic mass is 10.0. The van der Waals surface area contributed by atoms with Crippen LogP contribution in [0.1, 0.15) is 50.9 Å². The van der Waals surface area contributed by atoms with Crippen molar-refractivity contribution in [2.75, 3.05) is 0 Å². The summed E-state index contributed by atoms with van der Waals surface area (Å²) >= 11 is 0. The van der Waals surface area contributed by atoms with E-state index in [0.717, 1.165) is 5.69 Å². The average Bonchev–Trinajstić information content (AvgIpc) is 2.30.